The third-order valence-electron chi connectivity index (χ3n) is 3.02. The number of hydrogen-bond donors (Lipinski definition) is 2. The molecule has 1 aromatic rings. The van der Waals surface area contributed by atoms with Crippen molar-refractivity contribution in [3.63, 3.8) is 0 Å². The van der Waals surface area contributed by atoms with Crippen molar-refractivity contribution in [3.05, 3.63) is 29.8 Å². The normalized spacial score (nSPS) is 21.7. The summed E-state index contributed by atoms with van der Waals surface area (Å²) in [6.45, 7) is 0.375. The van der Waals surface area contributed by atoms with Crippen LogP contribution in [0.1, 0.15) is 12.0 Å². The summed E-state index contributed by atoms with van der Waals surface area (Å²) in [7, 11) is -3.01. The monoisotopic (exact) mass is 268 g/mol. The van der Waals surface area contributed by atoms with Crippen LogP contribution < -0.4 is 11.1 Å². The molecule has 1 saturated heterocycles. The number of sulfone groups is 1. The zero-order chi connectivity index (χ0) is 13.2. The molecule has 0 aliphatic carbocycles. The highest BCUT2D eigenvalue weighted by atomic mass is 32.2. The van der Waals surface area contributed by atoms with Crippen molar-refractivity contribution in [2.24, 2.45) is 5.92 Å². The highest BCUT2D eigenvalue weighted by molar-refractivity contribution is 7.91. The lowest BCUT2D eigenvalue weighted by atomic mass is 10.1. The van der Waals surface area contributed by atoms with E-state index < -0.39 is 15.8 Å². The second-order valence-corrected chi connectivity index (χ2v) is 6.79. The van der Waals surface area contributed by atoms with Crippen LogP contribution in [0, 0.1) is 5.92 Å². The molecule has 3 N–H and O–H groups in total. The van der Waals surface area contributed by atoms with Crippen molar-refractivity contribution in [2.75, 3.05) is 17.2 Å². The van der Waals surface area contributed by atoms with E-state index in [2.05, 4.69) is 5.32 Å². The quantitative estimate of drug-likeness (QED) is 0.773. The number of rotatable bonds is 3. The van der Waals surface area contributed by atoms with Gasteiger partial charge in [-0.3, -0.25) is 4.79 Å². The van der Waals surface area contributed by atoms with E-state index in [0.717, 1.165) is 5.56 Å². The number of nitrogen functional groups attached to an aromatic ring is 1. The summed E-state index contributed by atoms with van der Waals surface area (Å²) < 4.78 is 22.5. The minimum atomic E-state index is -3.01. The standard InChI is InChI=1S/C12H16N2O3S/c13-11-3-1-2-9(6-11)7-14-12(15)10-4-5-18(16,17)8-10/h1-3,6,10H,4-5,7-8,13H2,(H,14,15). The molecule has 0 bridgehead atoms. The Balaban J connectivity index is 1.89. The Morgan fingerprint density at radius 1 is 1.44 bits per heavy atom. The molecule has 98 valence electrons. The van der Waals surface area contributed by atoms with Gasteiger partial charge in [-0.2, -0.15) is 0 Å². The maximum atomic E-state index is 11.8. The van der Waals surface area contributed by atoms with Crippen LogP contribution in [0.15, 0.2) is 24.3 Å². The summed E-state index contributed by atoms with van der Waals surface area (Å²) in [5.74, 6) is -0.520. The molecule has 1 heterocycles. The van der Waals surface area contributed by atoms with Crippen molar-refractivity contribution in [1.29, 1.82) is 0 Å². The van der Waals surface area contributed by atoms with Gasteiger partial charge in [0, 0.05) is 12.2 Å². The minimum Gasteiger partial charge on any atom is -0.399 e. The van der Waals surface area contributed by atoms with Gasteiger partial charge in [0.05, 0.1) is 17.4 Å². The first-order valence-electron chi connectivity index (χ1n) is 5.79. The topological polar surface area (TPSA) is 89.3 Å². The molecule has 0 saturated carbocycles. The second kappa shape index (κ2) is 4.97. The van der Waals surface area contributed by atoms with Crippen LogP contribution in [0.3, 0.4) is 0 Å². The van der Waals surface area contributed by atoms with Gasteiger partial charge in [0.15, 0.2) is 9.84 Å². The smallest absolute Gasteiger partial charge is 0.224 e. The number of benzene rings is 1. The Morgan fingerprint density at radius 3 is 2.83 bits per heavy atom. The summed E-state index contributed by atoms with van der Waals surface area (Å²) in [6.07, 6.45) is 0.422. The lowest BCUT2D eigenvalue weighted by Crippen LogP contribution is -2.30. The van der Waals surface area contributed by atoms with Crippen LogP contribution >= 0.6 is 0 Å². The summed E-state index contributed by atoms with van der Waals surface area (Å²) >= 11 is 0. The number of hydrogen-bond acceptors (Lipinski definition) is 4. The summed E-state index contributed by atoms with van der Waals surface area (Å²) in [5, 5.41) is 2.75. The number of anilines is 1. The van der Waals surface area contributed by atoms with Gasteiger partial charge in [-0.15, -0.1) is 0 Å². The number of amides is 1. The number of nitrogens with one attached hydrogen (secondary N) is 1. The van der Waals surface area contributed by atoms with Crippen LogP contribution in [0.5, 0.6) is 0 Å². The highest BCUT2D eigenvalue weighted by Crippen LogP contribution is 2.18. The fraction of sp³-hybridized carbons (Fsp3) is 0.417. The minimum absolute atomic E-state index is 0.0320. The fourth-order valence-corrected chi connectivity index (χ4v) is 3.78. The Hall–Kier alpha value is -1.56. The molecule has 0 radical (unpaired) electrons. The van der Waals surface area contributed by atoms with E-state index in [1.807, 2.05) is 12.1 Å². The predicted octanol–water partition coefficient (Wildman–Crippen LogP) is 0.320. The first-order chi connectivity index (χ1) is 8.46. The van der Waals surface area contributed by atoms with E-state index in [0.29, 0.717) is 18.7 Å². The molecule has 1 aromatic carbocycles. The molecule has 5 nitrogen and oxygen atoms in total. The number of carbonyl (C=O) groups is 1. The van der Waals surface area contributed by atoms with Gasteiger partial charge in [0.2, 0.25) is 5.91 Å². The molecular weight excluding hydrogens is 252 g/mol. The Bertz CT molecular complexity index is 554. The Kier molecular flexibility index (Phi) is 3.56. The van der Waals surface area contributed by atoms with Gasteiger partial charge >= 0.3 is 0 Å². The average molecular weight is 268 g/mol. The van der Waals surface area contributed by atoms with E-state index in [4.69, 9.17) is 5.73 Å². The third-order valence-corrected chi connectivity index (χ3v) is 4.79. The van der Waals surface area contributed by atoms with Crippen LogP contribution in [0.4, 0.5) is 5.69 Å². The fourth-order valence-electron chi connectivity index (χ4n) is 2.04. The Morgan fingerprint density at radius 2 is 2.22 bits per heavy atom. The molecule has 1 atom stereocenters. The zero-order valence-electron chi connectivity index (χ0n) is 9.93. The lowest BCUT2D eigenvalue weighted by molar-refractivity contribution is -0.124. The van der Waals surface area contributed by atoms with Gasteiger partial charge < -0.3 is 11.1 Å². The SMILES string of the molecule is Nc1cccc(CNC(=O)C2CCS(=O)(=O)C2)c1. The molecule has 0 spiro atoms. The van der Waals surface area contributed by atoms with E-state index in [9.17, 15) is 13.2 Å². The van der Waals surface area contributed by atoms with Crippen LogP contribution in [-0.2, 0) is 21.2 Å². The van der Waals surface area contributed by atoms with Crippen molar-refractivity contribution in [2.45, 2.75) is 13.0 Å². The van der Waals surface area contributed by atoms with Crippen molar-refractivity contribution >= 4 is 21.4 Å². The van der Waals surface area contributed by atoms with Gasteiger partial charge in [-0.25, -0.2) is 8.42 Å². The van der Waals surface area contributed by atoms with Gasteiger partial charge in [-0.05, 0) is 24.1 Å². The van der Waals surface area contributed by atoms with E-state index >= 15 is 0 Å². The molecule has 6 heteroatoms. The maximum absolute atomic E-state index is 11.8. The number of carbonyl (C=O) groups excluding carboxylic acids is 1. The molecule has 2 rings (SSSR count). The summed E-state index contributed by atoms with van der Waals surface area (Å²) in [6, 6.07) is 7.24. The maximum Gasteiger partial charge on any atom is 0.224 e. The first kappa shape index (κ1) is 12.9. The first-order valence-corrected chi connectivity index (χ1v) is 7.61. The largest absolute Gasteiger partial charge is 0.399 e. The number of nitrogens with two attached hydrogens (primary N) is 1. The van der Waals surface area contributed by atoms with Gasteiger partial charge in [0.1, 0.15) is 0 Å². The summed E-state index contributed by atoms with van der Waals surface area (Å²) in [4.78, 5) is 11.8. The molecule has 1 aliphatic rings. The lowest BCUT2D eigenvalue weighted by Gasteiger charge is -2.09. The van der Waals surface area contributed by atoms with Crippen molar-refractivity contribution in [1.82, 2.24) is 5.32 Å². The molecule has 18 heavy (non-hydrogen) atoms. The molecular formula is C12H16N2O3S. The molecule has 1 unspecified atom stereocenters. The van der Waals surface area contributed by atoms with Crippen LogP contribution in [0.2, 0.25) is 0 Å². The molecule has 0 aromatic heterocycles. The molecule has 1 aliphatic heterocycles. The van der Waals surface area contributed by atoms with Gasteiger partial charge in [0.25, 0.3) is 0 Å². The molecule has 1 amide bonds. The third kappa shape index (κ3) is 3.22. The summed E-state index contributed by atoms with van der Waals surface area (Å²) in [5.41, 5.74) is 7.18. The molecule has 1 fully saturated rings. The van der Waals surface area contributed by atoms with Crippen molar-refractivity contribution < 1.29 is 13.2 Å². The van der Waals surface area contributed by atoms with E-state index in [1.165, 1.54) is 0 Å². The zero-order valence-corrected chi connectivity index (χ0v) is 10.7. The van der Waals surface area contributed by atoms with Gasteiger partial charge in [-0.1, -0.05) is 12.1 Å². The van der Waals surface area contributed by atoms with Crippen molar-refractivity contribution in [3.8, 4) is 0 Å². The average Bonchev–Trinajstić information content (AvgIpc) is 2.67. The predicted molar refractivity (Wildman–Crippen MR) is 69.5 cm³/mol. The van der Waals surface area contributed by atoms with E-state index in [1.54, 1.807) is 12.1 Å². The Labute approximate surface area is 106 Å². The van der Waals surface area contributed by atoms with Crippen LogP contribution in [0.25, 0.3) is 0 Å². The second-order valence-electron chi connectivity index (χ2n) is 4.56. The van der Waals surface area contributed by atoms with E-state index in [-0.39, 0.29) is 17.4 Å². The highest BCUT2D eigenvalue weighted by Gasteiger charge is 2.32. The van der Waals surface area contributed by atoms with Crippen LogP contribution in [-0.4, -0.2) is 25.8 Å².